The fourth-order valence-corrected chi connectivity index (χ4v) is 6.75. The molecule has 0 atom stereocenters. The van der Waals surface area contributed by atoms with Gasteiger partial charge < -0.3 is 0 Å². The van der Waals surface area contributed by atoms with E-state index in [1.54, 1.807) is 29.7 Å². The number of allylic oxidation sites excluding steroid dienone is 1. The summed E-state index contributed by atoms with van der Waals surface area (Å²) in [7, 11) is 0. The van der Waals surface area contributed by atoms with Gasteiger partial charge in [0, 0.05) is 41.7 Å². The van der Waals surface area contributed by atoms with Crippen molar-refractivity contribution in [1.29, 1.82) is 0 Å². The maximum absolute atomic E-state index is 14.3. The molecule has 1 saturated carbocycles. The van der Waals surface area contributed by atoms with E-state index in [4.69, 9.17) is 9.98 Å². The van der Waals surface area contributed by atoms with E-state index in [1.807, 2.05) is 12.1 Å². The lowest BCUT2D eigenvalue weighted by molar-refractivity contribution is 0.0175. The van der Waals surface area contributed by atoms with E-state index in [1.165, 1.54) is 38.2 Å². The smallest absolute Gasteiger partial charge is 0.270 e. The first-order valence-corrected chi connectivity index (χ1v) is 15.0. The van der Waals surface area contributed by atoms with Gasteiger partial charge in [0.1, 0.15) is 0 Å². The van der Waals surface area contributed by atoms with Crippen molar-refractivity contribution in [2.75, 3.05) is 19.8 Å². The van der Waals surface area contributed by atoms with Crippen molar-refractivity contribution in [3.05, 3.63) is 52.0 Å². The molecule has 39 heavy (non-hydrogen) atoms. The first kappa shape index (κ1) is 29.7. The minimum Gasteiger partial charge on any atom is -0.298 e. The first-order chi connectivity index (χ1) is 18.6. The van der Waals surface area contributed by atoms with Crippen LogP contribution in [0.5, 0.6) is 0 Å². The molecule has 2 fully saturated rings. The predicted octanol–water partition coefficient (Wildman–Crippen LogP) is 7.78. The van der Waals surface area contributed by atoms with E-state index in [9.17, 15) is 8.78 Å². The molecule has 1 aliphatic heterocycles. The summed E-state index contributed by atoms with van der Waals surface area (Å²) in [4.78, 5) is 17.4. The molecule has 4 rings (SSSR count). The van der Waals surface area contributed by atoms with Gasteiger partial charge in [-0.05, 0) is 78.4 Å². The Labute approximate surface area is 236 Å². The molecule has 0 radical (unpaired) electrons. The standard InChI is InChI=1S/C31H43F2N5S/c1-30(2,3)38-18-15-22(16-19-38)29-37-27(23-10-9-11-24(20-23)31(4,32)33)28(39-29)26(14-17-34-5)36-21-35-25-12-7-6-8-13-25/h9-11,14,17,20,22,25,35H,5-8,12-13,15-16,18-19,21H2,1-4H3/b17-14-,36-26+. The lowest BCUT2D eigenvalue weighted by Crippen LogP contribution is -2.45. The highest BCUT2D eigenvalue weighted by molar-refractivity contribution is 7.14. The molecular formula is C31H43F2N5S. The van der Waals surface area contributed by atoms with Crippen LogP contribution < -0.4 is 5.32 Å². The Kier molecular flexibility index (Phi) is 9.83. The second-order valence-electron chi connectivity index (χ2n) is 11.9. The highest BCUT2D eigenvalue weighted by Gasteiger charge is 2.31. The Balaban J connectivity index is 1.69. The summed E-state index contributed by atoms with van der Waals surface area (Å²) in [6, 6.07) is 7.09. The molecule has 5 nitrogen and oxygen atoms in total. The number of alkyl halides is 2. The lowest BCUT2D eigenvalue weighted by atomic mass is 9.93. The number of hydrogen-bond donors (Lipinski definition) is 1. The second-order valence-corrected chi connectivity index (χ2v) is 12.9. The summed E-state index contributed by atoms with van der Waals surface area (Å²) in [5.41, 5.74) is 2.28. The van der Waals surface area contributed by atoms with E-state index in [0.29, 0.717) is 29.9 Å². The van der Waals surface area contributed by atoms with Crippen LogP contribution in [0.25, 0.3) is 11.3 Å². The summed E-state index contributed by atoms with van der Waals surface area (Å²) in [6.45, 7) is 13.8. The minimum atomic E-state index is -2.93. The molecule has 2 aliphatic rings. The van der Waals surface area contributed by atoms with Gasteiger partial charge in [0.25, 0.3) is 5.92 Å². The number of benzene rings is 1. The van der Waals surface area contributed by atoms with Crippen LogP contribution in [0, 0.1) is 0 Å². The fraction of sp³-hybridized carbons (Fsp3) is 0.581. The number of piperidine rings is 1. The molecule has 1 aliphatic carbocycles. The first-order valence-electron chi connectivity index (χ1n) is 14.2. The maximum Gasteiger partial charge on any atom is 0.270 e. The third kappa shape index (κ3) is 7.89. The van der Waals surface area contributed by atoms with Gasteiger partial charge in [0.05, 0.1) is 28.0 Å². The van der Waals surface area contributed by atoms with E-state index in [-0.39, 0.29) is 11.1 Å². The predicted molar refractivity (Wildman–Crippen MR) is 161 cm³/mol. The largest absolute Gasteiger partial charge is 0.298 e. The number of nitrogens with zero attached hydrogens (tertiary/aromatic N) is 4. The molecule has 0 unspecified atom stereocenters. The molecule has 0 spiro atoms. The number of rotatable bonds is 9. The van der Waals surface area contributed by atoms with Crippen molar-refractivity contribution in [1.82, 2.24) is 15.2 Å². The number of halogens is 2. The molecule has 1 aromatic heterocycles. The molecular weight excluding hydrogens is 512 g/mol. The van der Waals surface area contributed by atoms with Crippen LogP contribution in [0.3, 0.4) is 0 Å². The third-order valence-corrected chi connectivity index (χ3v) is 9.12. The molecule has 0 bridgehead atoms. The molecule has 1 saturated heterocycles. The van der Waals surface area contributed by atoms with E-state index in [0.717, 1.165) is 48.5 Å². The van der Waals surface area contributed by atoms with Gasteiger partial charge in [-0.2, -0.15) is 0 Å². The van der Waals surface area contributed by atoms with Crippen LogP contribution in [0.1, 0.15) is 94.0 Å². The van der Waals surface area contributed by atoms with Crippen molar-refractivity contribution >= 4 is 23.8 Å². The number of hydrogen-bond acceptors (Lipinski definition) is 6. The minimum absolute atomic E-state index is 0.0141. The van der Waals surface area contributed by atoms with Gasteiger partial charge in [-0.15, -0.1) is 11.3 Å². The van der Waals surface area contributed by atoms with E-state index >= 15 is 0 Å². The van der Waals surface area contributed by atoms with Crippen LogP contribution in [0.2, 0.25) is 0 Å². The Morgan fingerprint density at radius 3 is 2.49 bits per heavy atom. The molecule has 0 amide bonds. The number of nitrogens with one attached hydrogen (secondary N) is 1. The van der Waals surface area contributed by atoms with Crippen molar-refractivity contribution in [3.8, 4) is 11.3 Å². The zero-order valence-corrected chi connectivity index (χ0v) is 24.7. The molecule has 1 aromatic carbocycles. The van der Waals surface area contributed by atoms with Gasteiger partial charge >= 0.3 is 0 Å². The van der Waals surface area contributed by atoms with Crippen LogP contribution in [0.4, 0.5) is 8.78 Å². The maximum atomic E-state index is 14.3. The van der Waals surface area contributed by atoms with Gasteiger partial charge in [-0.3, -0.25) is 20.2 Å². The van der Waals surface area contributed by atoms with Crippen molar-refractivity contribution < 1.29 is 8.78 Å². The average molecular weight is 556 g/mol. The summed E-state index contributed by atoms with van der Waals surface area (Å²) < 4.78 is 28.5. The number of thiazole rings is 1. The molecule has 8 heteroatoms. The zero-order chi connectivity index (χ0) is 28.0. The molecule has 212 valence electrons. The number of aromatic nitrogens is 1. The Hall–Kier alpha value is -2.29. The highest BCUT2D eigenvalue weighted by Crippen LogP contribution is 2.39. The van der Waals surface area contributed by atoms with E-state index < -0.39 is 5.92 Å². The fourth-order valence-electron chi connectivity index (χ4n) is 5.51. The van der Waals surface area contributed by atoms with Crippen LogP contribution in [-0.4, -0.2) is 53.7 Å². The van der Waals surface area contributed by atoms with Gasteiger partial charge in [0.15, 0.2) is 0 Å². The van der Waals surface area contributed by atoms with Crippen molar-refractivity contribution in [2.24, 2.45) is 9.98 Å². The molecule has 2 heterocycles. The normalized spacial score (nSPS) is 19.2. The van der Waals surface area contributed by atoms with Gasteiger partial charge in [-0.25, -0.2) is 13.8 Å². The monoisotopic (exact) mass is 555 g/mol. The zero-order valence-electron chi connectivity index (χ0n) is 23.9. The van der Waals surface area contributed by atoms with Crippen LogP contribution in [-0.2, 0) is 5.92 Å². The Bertz CT molecular complexity index is 1160. The van der Waals surface area contributed by atoms with Crippen LogP contribution in [0.15, 0.2) is 46.5 Å². The summed E-state index contributed by atoms with van der Waals surface area (Å²) in [5, 5.41) is 4.64. The number of aliphatic imine (C=N–C) groups is 2. The van der Waals surface area contributed by atoms with Crippen LogP contribution >= 0.6 is 11.3 Å². The third-order valence-electron chi connectivity index (χ3n) is 7.88. The quantitative estimate of drug-likeness (QED) is 0.322. The topological polar surface area (TPSA) is 52.9 Å². The van der Waals surface area contributed by atoms with E-state index in [2.05, 4.69) is 42.7 Å². The summed E-state index contributed by atoms with van der Waals surface area (Å²) >= 11 is 1.64. The van der Waals surface area contributed by atoms with Crippen molar-refractivity contribution in [2.45, 2.75) is 96.1 Å². The second kappa shape index (κ2) is 12.9. The molecule has 1 N–H and O–H groups in total. The SMILES string of the molecule is C=N/C=C\C(=N/CNC1CCCCC1)c1sc(C2CCN(C(C)(C)C)CC2)nc1-c1cccc(C(C)(F)F)c1. The van der Waals surface area contributed by atoms with Gasteiger partial charge in [-0.1, -0.05) is 37.5 Å². The number of likely N-dealkylation sites (tertiary alicyclic amines) is 1. The average Bonchev–Trinajstić information content (AvgIpc) is 3.36. The summed E-state index contributed by atoms with van der Waals surface area (Å²) in [5.74, 6) is -2.59. The highest BCUT2D eigenvalue weighted by atomic mass is 32.1. The molecule has 2 aromatic rings. The Morgan fingerprint density at radius 1 is 1.13 bits per heavy atom. The lowest BCUT2D eigenvalue weighted by Gasteiger charge is -2.40. The summed E-state index contributed by atoms with van der Waals surface area (Å²) in [6.07, 6.45) is 11.7. The van der Waals surface area contributed by atoms with Crippen molar-refractivity contribution in [3.63, 3.8) is 0 Å². The Morgan fingerprint density at radius 2 is 1.85 bits per heavy atom. The van der Waals surface area contributed by atoms with Gasteiger partial charge in [0.2, 0.25) is 0 Å².